The van der Waals surface area contributed by atoms with E-state index in [1.54, 1.807) is 23.9 Å². The molecule has 0 radical (unpaired) electrons. The van der Waals surface area contributed by atoms with E-state index in [1.807, 2.05) is 12.1 Å². The van der Waals surface area contributed by atoms with Crippen LogP contribution in [-0.4, -0.2) is 45.0 Å². The number of hydrogen-bond acceptors (Lipinski definition) is 4. The monoisotopic (exact) mass is 299 g/mol. The van der Waals surface area contributed by atoms with Crippen LogP contribution in [0.15, 0.2) is 34.1 Å². The molecule has 0 unspecified atom stereocenters. The molecule has 19 heavy (non-hydrogen) atoms. The molecule has 0 bridgehead atoms. The summed E-state index contributed by atoms with van der Waals surface area (Å²) in [6.45, 7) is 1.19. The van der Waals surface area contributed by atoms with Crippen molar-refractivity contribution in [1.29, 1.82) is 0 Å². The summed E-state index contributed by atoms with van der Waals surface area (Å²) in [6, 6.07) is 7.95. The van der Waals surface area contributed by atoms with Crippen LogP contribution in [0.4, 0.5) is 0 Å². The van der Waals surface area contributed by atoms with Gasteiger partial charge in [-0.15, -0.1) is 11.8 Å². The van der Waals surface area contributed by atoms with Crippen molar-refractivity contribution >= 4 is 21.6 Å². The fraction of sp³-hybridized carbons (Fsp3) is 0.571. The van der Waals surface area contributed by atoms with E-state index in [2.05, 4.69) is 11.9 Å². The van der Waals surface area contributed by atoms with Crippen LogP contribution in [0.1, 0.15) is 19.3 Å². The lowest BCUT2D eigenvalue weighted by atomic mass is 10.2. The van der Waals surface area contributed by atoms with E-state index >= 15 is 0 Å². The van der Waals surface area contributed by atoms with Gasteiger partial charge in [0.2, 0.25) is 0 Å². The van der Waals surface area contributed by atoms with Gasteiger partial charge in [0, 0.05) is 17.2 Å². The number of rotatable bonds is 5. The summed E-state index contributed by atoms with van der Waals surface area (Å²) in [7, 11) is -0.952. The van der Waals surface area contributed by atoms with Gasteiger partial charge >= 0.3 is 0 Å². The first-order valence-corrected chi connectivity index (χ1v) is 9.48. The predicted octanol–water partition coefficient (Wildman–Crippen LogP) is 2.67. The molecule has 1 aromatic rings. The van der Waals surface area contributed by atoms with E-state index in [0.29, 0.717) is 10.9 Å². The first kappa shape index (κ1) is 14.9. The maximum absolute atomic E-state index is 11.7. The van der Waals surface area contributed by atoms with E-state index in [4.69, 9.17) is 0 Å². The third kappa shape index (κ3) is 3.97. The number of thioether (sulfide) groups is 1. The highest BCUT2D eigenvalue weighted by atomic mass is 32.2. The van der Waals surface area contributed by atoms with Gasteiger partial charge in [-0.25, -0.2) is 8.42 Å². The van der Waals surface area contributed by atoms with Gasteiger partial charge in [0.1, 0.15) is 0 Å². The summed E-state index contributed by atoms with van der Waals surface area (Å²) in [6.07, 6.45) is 4.95. The second kappa shape index (κ2) is 6.29. The molecule has 1 aliphatic rings. The molecule has 1 fully saturated rings. The lowest BCUT2D eigenvalue weighted by Crippen LogP contribution is -2.25. The fourth-order valence-corrected chi connectivity index (χ4v) is 4.91. The van der Waals surface area contributed by atoms with Gasteiger partial charge in [0.15, 0.2) is 9.84 Å². The molecule has 106 valence electrons. The summed E-state index contributed by atoms with van der Waals surface area (Å²) >= 11 is 1.66. The molecule has 5 heteroatoms. The minimum Gasteiger partial charge on any atom is -0.303 e. The van der Waals surface area contributed by atoms with Gasteiger partial charge in [-0.2, -0.15) is 0 Å². The Morgan fingerprint density at radius 2 is 2.11 bits per heavy atom. The molecule has 0 N–H and O–H groups in total. The molecule has 3 nitrogen and oxygen atoms in total. The Morgan fingerprint density at radius 1 is 1.37 bits per heavy atom. The molecule has 1 aromatic carbocycles. The Balaban J connectivity index is 1.96. The highest BCUT2D eigenvalue weighted by Gasteiger charge is 2.20. The van der Waals surface area contributed by atoms with Crippen LogP contribution < -0.4 is 0 Å². The smallest absolute Gasteiger partial charge is 0.176 e. The Kier molecular flexibility index (Phi) is 4.92. The maximum Gasteiger partial charge on any atom is 0.176 e. The van der Waals surface area contributed by atoms with Crippen LogP contribution in [0.25, 0.3) is 0 Å². The van der Waals surface area contributed by atoms with Crippen LogP contribution >= 0.6 is 11.8 Å². The quantitative estimate of drug-likeness (QED) is 0.783. The molecule has 1 aliphatic heterocycles. The minimum absolute atomic E-state index is 0.458. The van der Waals surface area contributed by atoms with Crippen molar-refractivity contribution in [2.24, 2.45) is 0 Å². The van der Waals surface area contributed by atoms with Gasteiger partial charge in [-0.3, -0.25) is 0 Å². The molecule has 0 spiro atoms. The lowest BCUT2D eigenvalue weighted by molar-refractivity contribution is 0.305. The summed E-state index contributed by atoms with van der Waals surface area (Å²) < 4.78 is 23.4. The summed E-state index contributed by atoms with van der Waals surface area (Å²) in [4.78, 5) is 3.74. The molecule has 0 saturated carbocycles. The maximum atomic E-state index is 11.7. The molecule has 1 saturated heterocycles. The molecule has 2 rings (SSSR count). The molecule has 0 amide bonds. The van der Waals surface area contributed by atoms with Crippen LogP contribution in [-0.2, 0) is 9.84 Å². The zero-order valence-corrected chi connectivity index (χ0v) is 13.1. The van der Waals surface area contributed by atoms with E-state index in [9.17, 15) is 8.42 Å². The van der Waals surface area contributed by atoms with E-state index in [0.717, 1.165) is 17.1 Å². The van der Waals surface area contributed by atoms with Gasteiger partial charge in [-0.05, 0) is 50.7 Å². The average molecular weight is 299 g/mol. The number of nitrogens with zero attached hydrogens (tertiary/aromatic N) is 1. The number of sulfone groups is 1. The van der Waals surface area contributed by atoms with Crippen LogP contribution in [0.5, 0.6) is 0 Å². The van der Waals surface area contributed by atoms with Crippen LogP contribution in [0, 0.1) is 0 Å². The SMILES string of the molecule is CN1CCC[C@@H]1CCSc1ccccc1S(C)(=O)=O. The van der Waals surface area contributed by atoms with Crippen molar-refractivity contribution in [3.8, 4) is 0 Å². The van der Waals surface area contributed by atoms with Crippen molar-refractivity contribution in [2.75, 3.05) is 25.6 Å². The first-order chi connectivity index (χ1) is 8.98. The van der Waals surface area contributed by atoms with Crippen LogP contribution in [0.2, 0.25) is 0 Å². The van der Waals surface area contributed by atoms with Gasteiger partial charge in [0.25, 0.3) is 0 Å². The predicted molar refractivity (Wildman–Crippen MR) is 80.5 cm³/mol. The zero-order chi connectivity index (χ0) is 13.9. The normalized spacial score (nSPS) is 20.8. The molecule has 1 heterocycles. The first-order valence-electron chi connectivity index (χ1n) is 6.60. The number of likely N-dealkylation sites (tertiary alicyclic amines) is 1. The minimum atomic E-state index is -3.12. The molecule has 0 aliphatic carbocycles. The van der Waals surface area contributed by atoms with E-state index < -0.39 is 9.84 Å². The zero-order valence-electron chi connectivity index (χ0n) is 11.5. The highest BCUT2D eigenvalue weighted by Crippen LogP contribution is 2.28. The van der Waals surface area contributed by atoms with Crippen molar-refractivity contribution < 1.29 is 8.42 Å². The Labute approximate surface area is 120 Å². The Hall–Kier alpha value is -0.520. The second-order valence-electron chi connectivity index (χ2n) is 5.13. The van der Waals surface area contributed by atoms with Gasteiger partial charge in [-0.1, -0.05) is 12.1 Å². The summed E-state index contributed by atoms with van der Waals surface area (Å²) in [5.74, 6) is 0.974. The Bertz CT molecular complexity index is 528. The number of benzene rings is 1. The molecular weight excluding hydrogens is 278 g/mol. The lowest BCUT2D eigenvalue weighted by Gasteiger charge is -2.19. The summed E-state index contributed by atoms with van der Waals surface area (Å²) in [5.41, 5.74) is 0. The van der Waals surface area contributed by atoms with Crippen molar-refractivity contribution in [3.63, 3.8) is 0 Å². The van der Waals surface area contributed by atoms with Crippen molar-refractivity contribution in [2.45, 2.75) is 35.1 Å². The molecule has 1 atom stereocenters. The highest BCUT2D eigenvalue weighted by molar-refractivity contribution is 8.00. The van der Waals surface area contributed by atoms with Crippen molar-refractivity contribution in [3.05, 3.63) is 24.3 Å². The second-order valence-corrected chi connectivity index (χ2v) is 8.25. The average Bonchev–Trinajstić information content (AvgIpc) is 2.75. The van der Waals surface area contributed by atoms with Gasteiger partial charge in [0.05, 0.1) is 4.90 Å². The third-order valence-electron chi connectivity index (χ3n) is 3.63. The van der Waals surface area contributed by atoms with Crippen LogP contribution in [0.3, 0.4) is 0 Å². The van der Waals surface area contributed by atoms with Crippen molar-refractivity contribution in [1.82, 2.24) is 4.90 Å². The molecular formula is C14H21NO2S2. The van der Waals surface area contributed by atoms with Gasteiger partial charge < -0.3 is 4.90 Å². The number of hydrogen-bond donors (Lipinski definition) is 0. The summed E-state index contributed by atoms with van der Waals surface area (Å²) in [5, 5.41) is 0. The standard InChI is InChI=1S/C14H21NO2S2/c1-15-10-5-6-12(15)9-11-18-13-7-3-4-8-14(13)19(2,16)17/h3-4,7-8,12H,5-6,9-11H2,1-2H3/t12-/m1/s1. The van der Waals surface area contributed by atoms with E-state index in [1.165, 1.54) is 25.6 Å². The van der Waals surface area contributed by atoms with E-state index in [-0.39, 0.29) is 0 Å². The molecule has 0 aromatic heterocycles. The fourth-order valence-electron chi connectivity index (χ4n) is 2.52. The topological polar surface area (TPSA) is 37.4 Å². The Morgan fingerprint density at radius 3 is 2.74 bits per heavy atom. The largest absolute Gasteiger partial charge is 0.303 e. The third-order valence-corrected chi connectivity index (χ3v) is 6.02.